The Labute approximate surface area is 136 Å². The molecule has 116 valence electrons. The van der Waals surface area contributed by atoms with Crippen molar-refractivity contribution in [2.45, 2.75) is 20.4 Å². The highest BCUT2D eigenvalue weighted by Gasteiger charge is 2.19. The lowest BCUT2D eigenvalue weighted by molar-refractivity contribution is 0.0983. The van der Waals surface area contributed by atoms with Gasteiger partial charge in [0.05, 0.1) is 12.8 Å². The molecule has 0 aliphatic heterocycles. The Kier molecular flexibility index (Phi) is 4.29. The van der Waals surface area contributed by atoms with E-state index >= 15 is 0 Å². The lowest BCUT2D eigenvalue weighted by atomic mass is 10.1. The van der Waals surface area contributed by atoms with Gasteiger partial charge in [-0.25, -0.2) is 0 Å². The quantitative estimate of drug-likeness (QED) is 0.697. The van der Waals surface area contributed by atoms with Gasteiger partial charge < -0.3 is 9.32 Å². The molecule has 0 saturated carbocycles. The van der Waals surface area contributed by atoms with Crippen molar-refractivity contribution in [3.63, 3.8) is 0 Å². The van der Waals surface area contributed by atoms with Crippen LogP contribution in [0.5, 0.6) is 0 Å². The fourth-order valence-electron chi connectivity index (χ4n) is 2.50. The van der Waals surface area contributed by atoms with E-state index < -0.39 is 0 Å². The maximum Gasteiger partial charge on any atom is 0.258 e. The first-order valence-electron chi connectivity index (χ1n) is 7.61. The number of furan rings is 1. The Bertz CT molecular complexity index is 789. The van der Waals surface area contributed by atoms with Gasteiger partial charge in [-0.1, -0.05) is 35.4 Å². The first kappa shape index (κ1) is 15.1. The maximum absolute atomic E-state index is 13.0. The van der Waals surface area contributed by atoms with Crippen molar-refractivity contribution in [3.8, 4) is 0 Å². The number of carbonyl (C=O) groups excluding carboxylic acids is 1. The van der Waals surface area contributed by atoms with Gasteiger partial charge in [-0.15, -0.1) is 0 Å². The molecule has 3 heteroatoms. The van der Waals surface area contributed by atoms with Crippen LogP contribution in [-0.2, 0) is 6.54 Å². The number of benzene rings is 2. The molecule has 3 nitrogen and oxygen atoms in total. The van der Waals surface area contributed by atoms with Gasteiger partial charge in [-0.2, -0.15) is 0 Å². The molecule has 3 aromatic rings. The number of hydrogen-bond acceptors (Lipinski definition) is 2. The molecule has 0 bridgehead atoms. The minimum absolute atomic E-state index is 0.0334. The van der Waals surface area contributed by atoms with Crippen LogP contribution >= 0.6 is 0 Å². The van der Waals surface area contributed by atoms with Gasteiger partial charge >= 0.3 is 0 Å². The third kappa shape index (κ3) is 3.51. The van der Waals surface area contributed by atoms with Crippen LogP contribution in [0.25, 0.3) is 0 Å². The Morgan fingerprint density at radius 2 is 1.74 bits per heavy atom. The van der Waals surface area contributed by atoms with E-state index in [1.807, 2.05) is 74.5 Å². The fourth-order valence-corrected chi connectivity index (χ4v) is 2.50. The molecule has 0 radical (unpaired) electrons. The number of amides is 1. The van der Waals surface area contributed by atoms with Gasteiger partial charge in [0.25, 0.3) is 5.91 Å². The van der Waals surface area contributed by atoms with Crippen LogP contribution in [0.4, 0.5) is 5.69 Å². The zero-order valence-electron chi connectivity index (χ0n) is 13.3. The zero-order chi connectivity index (χ0) is 16.2. The lowest BCUT2D eigenvalue weighted by Gasteiger charge is -2.22. The summed E-state index contributed by atoms with van der Waals surface area (Å²) in [4.78, 5) is 14.7. The number of hydrogen-bond donors (Lipinski definition) is 0. The standard InChI is InChI=1S/C20H19NO2/c1-15-8-10-18(11-9-15)21(14-19-7-4-12-23-19)20(22)17-6-3-5-16(2)13-17/h3-13H,14H2,1-2H3. The second kappa shape index (κ2) is 6.53. The van der Waals surface area contributed by atoms with E-state index in [4.69, 9.17) is 4.42 Å². The molecule has 1 aromatic heterocycles. The van der Waals surface area contributed by atoms with Crippen LogP contribution in [0.15, 0.2) is 71.3 Å². The molecule has 1 heterocycles. The van der Waals surface area contributed by atoms with Crippen LogP contribution in [0, 0.1) is 13.8 Å². The van der Waals surface area contributed by atoms with Gasteiger partial charge in [0, 0.05) is 11.3 Å². The summed E-state index contributed by atoms with van der Waals surface area (Å²) >= 11 is 0. The highest BCUT2D eigenvalue weighted by Crippen LogP contribution is 2.21. The summed E-state index contributed by atoms with van der Waals surface area (Å²) in [7, 11) is 0. The molecule has 3 rings (SSSR count). The zero-order valence-corrected chi connectivity index (χ0v) is 13.3. The van der Waals surface area contributed by atoms with Crippen molar-refractivity contribution in [3.05, 3.63) is 89.4 Å². The van der Waals surface area contributed by atoms with E-state index in [0.29, 0.717) is 12.1 Å². The second-order valence-electron chi connectivity index (χ2n) is 5.68. The van der Waals surface area contributed by atoms with E-state index in [0.717, 1.165) is 22.6 Å². The van der Waals surface area contributed by atoms with Gasteiger partial charge in [-0.3, -0.25) is 4.79 Å². The first-order valence-corrected chi connectivity index (χ1v) is 7.61. The van der Waals surface area contributed by atoms with Crippen LogP contribution in [0.1, 0.15) is 27.2 Å². The van der Waals surface area contributed by atoms with Crippen molar-refractivity contribution in [2.75, 3.05) is 4.90 Å². The number of rotatable bonds is 4. The van der Waals surface area contributed by atoms with E-state index in [2.05, 4.69) is 0 Å². The Hall–Kier alpha value is -2.81. The highest BCUT2D eigenvalue weighted by atomic mass is 16.3. The molecule has 0 atom stereocenters. The maximum atomic E-state index is 13.0. The largest absolute Gasteiger partial charge is 0.467 e. The summed E-state index contributed by atoms with van der Waals surface area (Å²) in [5, 5.41) is 0. The van der Waals surface area contributed by atoms with E-state index in [-0.39, 0.29) is 5.91 Å². The topological polar surface area (TPSA) is 33.5 Å². The SMILES string of the molecule is Cc1ccc(N(Cc2ccco2)C(=O)c2cccc(C)c2)cc1. The molecule has 0 aliphatic carbocycles. The van der Waals surface area contributed by atoms with Crippen molar-refractivity contribution in [2.24, 2.45) is 0 Å². The second-order valence-corrected chi connectivity index (χ2v) is 5.68. The molecular formula is C20H19NO2. The summed E-state index contributed by atoms with van der Waals surface area (Å²) < 4.78 is 5.43. The Balaban J connectivity index is 1.97. The fraction of sp³-hybridized carbons (Fsp3) is 0.150. The highest BCUT2D eigenvalue weighted by molar-refractivity contribution is 6.06. The summed E-state index contributed by atoms with van der Waals surface area (Å²) in [6.07, 6.45) is 1.62. The number of aryl methyl sites for hydroxylation is 2. The number of carbonyl (C=O) groups is 1. The molecule has 2 aromatic carbocycles. The predicted octanol–water partition coefficient (Wildman–Crippen LogP) is 4.74. The number of anilines is 1. The summed E-state index contributed by atoms with van der Waals surface area (Å²) in [5.41, 5.74) is 3.77. The van der Waals surface area contributed by atoms with Crippen molar-refractivity contribution in [1.29, 1.82) is 0 Å². The van der Waals surface area contributed by atoms with Crippen molar-refractivity contribution >= 4 is 11.6 Å². The minimum atomic E-state index is -0.0334. The monoisotopic (exact) mass is 305 g/mol. The molecule has 0 fully saturated rings. The minimum Gasteiger partial charge on any atom is -0.467 e. The summed E-state index contributed by atoms with van der Waals surface area (Å²) in [5.74, 6) is 0.723. The predicted molar refractivity (Wildman–Crippen MR) is 91.6 cm³/mol. The van der Waals surface area contributed by atoms with Gasteiger partial charge in [-0.05, 0) is 50.2 Å². The van der Waals surface area contributed by atoms with Gasteiger partial charge in [0.2, 0.25) is 0 Å². The van der Waals surface area contributed by atoms with Crippen molar-refractivity contribution < 1.29 is 9.21 Å². The third-order valence-electron chi connectivity index (χ3n) is 3.75. The molecule has 0 spiro atoms. The molecule has 1 amide bonds. The third-order valence-corrected chi connectivity index (χ3v) is 3.75. The van der Waals surface area contributed by atoms with Crippen LogP contribution in [0.2, 0.25) is 0 Å². The average Bonchev–Trinajstić information content (AvgIpc) is 3.06. The summed E-state index contributed by atoms with van der Waals surface area (Å²) in [6, 6.07) is 19.3. The Morgan fingerprint density at radius 3 is 2.39 bits per heavy atom. The molecule has 0 saturated heterocycles. The van der Waals surface area contributed by atoms with E-state index in [1.54, 1.807) is 11.2 Å². The molecule has 23 heavy (non-hydrogen) atoms. The normalized spacial score (nSPS) is 10.5. The van der Waals surface area contributed by atoms with E-state index in [1.165, 1.54) is 0 Å². The van der Waals surface area contributed by atoms with Crippen LogP contribution in [0.3, 0.4) is 0 Å². The van der Waals surface area contributed by atoms with E-state index in [9.17, 15) is 4.79 Å². The lowest BCUT2D eigenvalue weighted by Crippen LogP contribution is -2.30. The van der Waals surface area contributed by atoms with Crippen LogP contribution in [-0.4, -0.2) is 5.91 Å². The van der Waals surface area contributed by atoms with Crippen LogP contribution < -0.4 is 4.90 Å². The smallest absolute Gasteiger partial charge is 0.258 e. The molecule has 0 unspecified atom stereocenters. The Morgan fingerprint density at radius 1 is 0.957 bits per heavy atom. The van der Waals surface area contributed by atoms with Gasteiger partial charge in [0.1, 0.15) is 5.76 Å². The molecule has 0 aliphatic rings. The molecular weight excluding hydrogens is 286 g/mol. The van der Waals surface area contributed by atoms with Crippen molar-refractivity contribution in [1.82, 2.24) is 0 Å². The van der Waals surface area contributed by atoms with Gasteiger partial charge in [0.15, 0.2) is 0 Å². The number of nitrogens with zero attached hydrogens (tertiary/aromatic N) is 1. The first-order chi connectivity index (χ1) is 11.1. The molecule has 0 N–H and O–H groups in total. The summed E-state index contributed by atoms with van der Waals surface area (Å²) in [6.45, 7) is 4.42. The average molecular weight is 305 g/mol.